The Hall–Kier alpha value is -1.11. The molecule has 98 valence electrons. The second-order valence-electron chi connectivity index (χ2n) is 4.01. The van der Waals surface area contributed by atoms with Gasteiger partial charge >= 0.3 is 0 Å². The second kappa shape index (κ2) is 5.48. The normalized spacial score (nSPS) is 13.9. The van der Waals surface area contributed by atoms with Crippen LogP contribution in [0.2, 0.25) is 5.15 Å². The number of thioether (sulfide) groups is 1. The first kappa shape index (κ1) is 12.9. The number of thiophene rings is 1. The number of nitrogens with one attached hydrogen (secondary N) is 1. The van der Waals surface area contributed by atoms with E-state index < -0.39 is 0 Å². The lowest BCUT2D eigenvalue weighted by molar-refractivity contribution is 0.103. The summed E-state index contributed by atoms with van der Waals surface area (Å²) in [5, 5.41) is 2.90. The van der Waals surface area contributed by atoms with Crippen molar-refractivity contribution in [3.05, 3.63) is 38.9 Å². The highest BCUT2D eigenvalue weighted by Crippen LogP contribution is 2.32. The Morgan fingerprint density at radius 1 is 1.37 bits per heavy atom. The van der Waals surface area contributed by atoms with E-state index in [1.54, 1.807) is 11.3 Å². The Morgan fingerprint density at radius 3 is 3.00 bits per heavy atom. The van der Waals surface area contributed by atoms with Gasteiger partial charge < -0.3 is 5.32 Å². The number of hydrogen-bond acceptors (Lipinski definition) is 5. The van der Waals surface area contributed by atoms with E-state index in [0.717, 1.165) is 17.9 Å². The molecule has 1 aliphatic heterocycles. The van der Waals surface area contributed by atoms with Crippen molar-refractivity contribution in [2.75, 3.05) is 11.1 Å². The van der Waals surface area contributed by atoms with Gasteiger partial charge in [0.15, 0.2) is 11.0 Å². The van der Waals surface area contributed by atoms with Crippen LogP contribution in [0.25, 0.3) is 0 Å². The number of rotatable bonds is 2. The van der Waals surface area contributed by atoms with Gasteiger partial charge in [-0.05, 0) is 23.8 Å². The van der Waals surface area contributed by atoms with Gasteiger partial charge in [-0.15, -0.1) is 11.3 Å². The number of carbonyl (C=O) groups is 1. The molecule has 7 heteroatoms. The van der Waals surface area contributed by atoms with Gasteiger partial charge in [-0.1, -0.05) is 11.6 Å². The molecule has 1 amide bonds. The van der Waals surface area contributed by atoms with E-state index in [1.807, 2.05) is 17.8 Å². The van der Waals surface area contributed by atoms with E-state index in [4.69, 9.17) is 11.6 Å². The third kappa shape index (κ3) is 2.75. The number of halogens is 1. The molecule has 19 heavy (non-hydrogen) atoms. The lowest BCUT2D eigenvalue weighted by Crippen LogP contribution is -2.12. The van der Waals surface area contributed by atoms with Crippen molar-refractivity contribution in [1.29, 1.82) is 0 Å². The molecular weight excluding hydrogens is 302 g/mol. The zero-order valence-corrected chi connectivity index (χ0v) is 12.2. The predicted molar refractivity (Wildman–Crippen MR) is 79.2 cm³/mol. The van der Waals surface area contributed by atoms with Gasteiger partial charge in [0, 0.05) is 23.0 Å². The first-order valence-electron chi connectivity index (χ1n) is 5.71. The molecule has 1 N–H and O–H groups in total. The second-order valence-corrected chi connectivity index (χ2v) is 6.61. The molecule has 0 atom stereocenters. The van der Waals surface area contributed by atoms with E-state index in [1.165, 1.54) is 22.8 Å². The van der Waals surface area contributed by atoms with E-state index in [9.17, 15) is 4.79 Å². The summed E-state index contributed by atoms with van der Waals surface area (Å²) < 4.78 is 0. The number of hydrogen-bond donors (Lipinski definition) is 1. The Labute approximate surface area is 123 Å². The molecule has 3 rings (SSSR count). The number of aryl methyl sites for hydroxylation is 1. The van der Waals surface area contributed by atoms with Crippen molar-refractivity contribution in [2.24, 2.45) is 0 Å². The molecule has 2 aromatic heterocycles. The first-order valence-corrected chi connectivity index (χ1v) is 8.06. The summed E-state index contributed by atoms with van der Waals surface area (Å²) in [6.45, 7) is 0. The summed E-state index contributed by atoms with van der Waals surface area (Å²) in [6, 6.07) is 1.96. The summed E-state index contributed by atoms with van der Waals surface area (Å²) in [5.74, 6) is 2.25. The van der Waals surface area contributed by atoms with Crippen LogP contribution >= 0.6 is 34.7 Å². The van der Waals surface area contributed by atoms with E-state index in [-0.39, 0.29) is 11.1 Å². The van der Waals surface area contributed by atoms with Crippen molar-refractivity contribution < 1.29 is 4.79 Å². The van der Waals surface area contributed by atoms with Crippen molar-refractivity contribution in [3.63, 3.8) is 0 Å². The Kier molecular flexibility index (Phi) is 3.72. The first-order chi connectivity index (χ1) is 9.24. The van der Waals surface area contributed by atoms with Crippen LogP contribution < -0.4 is 5.32 Å². The van der Waals surface area contributed by atoms with Crippen molar-refractivity contribution in [1.82, 2.24) is 9.97 Å². The minimum absolute atomic E-state index is 0.174. The summed E-state index contributed by atoms with van der Waals surface area (Å²) in [4.78, 5) is 22.0. The molecular formula is C12H10ClN3OS2. The average molecular weight is 312 g/mol. The number of amides is 1. The fourth-order valence-electron chi connectivity index (χ4n) is 1.83. The van der Waals surface area contributed by atoms with Gasteiger partial charge in [0.1, 0.15) is 0 Å². The molecule has 2 aromatic rings. The molecule has 0 aliphatic carbocycles. The predicted octanol–water partition coefficient (Wildman–Crippen LogP) is 3.23. The van der Waals surface area contributed by atoms with Crippen LogP contribution in [0.1, 0.15) is 20.1 Å². The number of carbonyl (C=O) groups excluding carboxylic acids is 1. The van der Waals surface area contributed by atoms with Crippen LogP contribution in [-0.2, 0) is 12.2 Å². The maximum atomic E-state index is 12.2. The third-order valence-electron chi connectivity index (χ3n) is 2.74. The molecule has 0 fully saturated rings. The quantitative estimate of drug-likeness (QED) is 0.925. The largest absolute Gasteiger partial charge is 0.303 e. The molecule has 0 saturated carbocycles. The smallest absolute Gasteiger partial charge is 0.266 e. The standard InChI is InChI=1S/C12H10ClN3OS2/c13-10-11(15-3-2-14-10)16-12(17)9-5-7-6-18-4-1-8(7)19-9/h2-3,5H,1,4,6H2,(H,15,16,17). The van der Waals surface area contributed by atoms with Crippen molar-refractivity contribution in [3.8, 4) is 0 Å². The zero-order chi connectivity index (χ0) is 13.2. The Morgan fingerprint density at radius 2 is 2.21 bits per heavy atom. The van der Waals surface area contributed by atoms with Crippen LogP contribution in [0.15, 0.2) is 18.5 Å². The minimum Gasteiger partial charge on any atom is -0.303 e. The minimum atomic E-state index is -0.174. The number of fused-ring (bicyclic) bond motifs is 1. The molecule has 4 nitrogen and oxygen atoms in total. The average Bonchev–Trinajstić information content (AvgIpc) is 2.85. The molecule has 0 unspecified atom stereocenters. The van der Waals surface area contributed by atoms with Crippen molar-refractivity contribution in [2.45, 2.75) is 12.2 Å². The van der Waals surface area contributed by atoms with E-state index in [2.05, 4.69) is 15.3 Å². The van der Waals surface area contributed by atoms with Gasteiger partial charge in [-0.25, -0.2) is 9.97 Å². The molecule has 0 bridgehead atoms. The maximum Gasteiger partial charge on any atom is 0.266 e. The monoisotopic (exact) mass is 311 g/mol. The highest BCUT2D eigenvalue weighted by Gasteiger charge is 2.18. The molecule has 0 aromatic carbocycles. The lowest BCUT2D eigenvalue weighted by Gasteiger charge is -2.08. The fraction of sp³-hybridized carbons (Fsp3) is 0.250. The van der Waals surface area contributed by atoms with E-state index in [0.29, 0.717) is 10.7 Å². The van der Waals surface area contributed by atoms with Gasteiger partial charge in [-0.2, -0.15) is 11.8 Å². The highest BCUT2D eigenvalue weighted by molar-refractivity contribution is 7.98. The molecule has 1 aliphatic rings. The molecule has 0 spiro atoms. The van der Waals surface area contributed by atoms with Crippen LogP contribution in [0.3, 0.4) is 0 Å². The van der Waals surface area contributed by atoms with Gasteiger partial charge in [0.05, 0.1) is 4.88 Å². The zero-order valence-electron chi connectivity index (χ0n) is 9.85. The number of aromatic nitrogens is 2. The topological polar surface area (TPSA) is 54.9 Å². The van der Waals surface area contributed by atoms with Gasteiger partial charge in [0.25, 0.3) is 5.91 Å². The summed E-state index contributed by atoms with van der Waals surface area (Å²) >= 11 is 9.32. The third-order valence-corrected chi connectivity index (χ3v) is 5.26. The lowest BCUT2D eigenvalue weighted by atomic mass is 10.2. The fourth-order valence-corrected chi connectivity index (χ4v) is 4.25. The molecule has 0 saturated heterocycles. The van der Waals surface area contributed by atoms with E-state index >= 15 is 0 Å². The summed E-state index contributed by atoms with van der Waals surface area (Å²) in [7, 11) is 0. The number of nitrogens with zero attached hydrogens (tertiary/aromatic N) is 2. The molecule has 0 radical (unpaired) electrons. The van der Waals surface area contributed by atoms with Crippen LogP contribution in [0.4, 0.5) is 5.82 Å². The molecule has 3 heterocycles. The SMILES string of the molecule is O=C(Nc1nccnc1Cl)c1cc2c(s1)CCSC2. The Balaban J connectivity index is 1.81. The maximum absolute atomic E-state index is 12.2. The Bertz CT molecular complexity index is 606. The number of anilines is 1. The van der Waals surface area contributed by atoms with Crippen molar-refractivity contribution >= 4 is 46.4 Å². The summed E-state index contributed by atoms with van der Waals surface area (Å²) in [5.41, 5.74) is 1.27. The van der Waals surface area contributed by atoms with Crippen LogP contribution in [0, 0.1) is 0 Å². The van der Waals surface area contributed by atoms with Crippen LogP contribution in [-0.4, -0.2) is 21.6 Å². The van der Waals surface area contributed by atoms with Gasteiger partial charge in [-0.3, -0.25) is 4.79 Å². The summed E-state index contributed by atoms with van der Waals surface area (Å²) in [6.07, 6.45) is 4.03. The van der Waals surface area contributed by atoms with Crippen LogP contribution in [0.5, 0.6) is 0 Å². The highest BCUT2D eigenvalue weighted by atomic mass is 35.5. The van der Waals surface area contributed by atoms with Gasteiger partial charge in [0.2, 0.25) is 0 Å².